The fourth-order valence-corrected chi connectivity index (χ4v) is 3.69. The second-order valence-electron chi connectivity index (χ2n) is 6.32. The molecule has 5 aromatic rings. The molecule has 0 unspecified atom stereocenters. The van der Waals surface area contributed by atoms with Gasteiger partial charge in [0.1, 0.15) is 17.2 Å². The fourth-order valence-electron chi connectivity index (χ4n) is 3.69. The molecule has 0 atom stereocenters. The third-order valence-electron chi connectivity index (χ3n) is 4.88. The van der Waals surface area contributed by atoms with Crippen LogP contribution in [0, 0.1) is 11.6 Å². The van der Waals surface area contributed by atoms with E-state index in [4.69, 9.17) is 0 Å². The van der Waals surface area contributed by atoms with Gasteiger partial charge in [-0.05, 0) is 18.2 Å². The van der Waals surface area contributed by atoms with Crippen molar-refractivity contribution in [3.8, 4) is 0 Å². The zero-order valence-corrected chi connectivity index (χ0v) is 13.6. The minimum Gasteiger partial charge on any atom is -0.270 e. The quantitative estimate of drug-likeness (QED) is 0.448. The second-order valence-corrected chi connectivity index (χ2v) is 6.32. The first-order chi connectivity index (χ1) is 12.6. The average Bonchev–Trinajstić information content (AvgIpc) is 2.98. The van der Waals surface area contributed by atoms with Gasteiger partial charge in [-0.2, -0.15) is 4.57 Å². The Hall–Kier alpha value is -3.34. The molecule has 0 N–H and O–H groups in total. The summed E-state index contributed by atoms with van der Waals surface area (Å²) in [7, 11) is 0. The summed E-state index contributed by atoms with van der Waals surface area (Å²) in [5.74, 6) is -1.16. The molecular formula is C21H13F2N2O+. The van der Waals surface area contributed by atoms with E-state index in [0.29, 0.717) is 0 Å². The highest BCUT2D eigenvalue weighted by Gasteiger charge is 2.21. The van der Waals surface area contributed by atoms with Crippen molar-refractivity contribution in [1.82, 2.24) is 4.40 Å². The van der Waals surface area contributed by atoms with Gasteiger partial charge in [-0.25, -0.2) is 8.78 Å². The highest BCUT2D eigenvalue weighted by atomic mass is 19.1. The van der Waals surface area contributed by atoms with Gasteiger partial charge in [-0.3, -0.25) is 9.20 Å². The molecule has 0 aliphatic heterocycles. The molecule has 0 amide bonds. The molecule has 0 aliphatic carbocycles. The Kier molecular flexibility index (Phi) is 3.06. The van der Waals surface area contributed by atoms with E-state index in [1.165, 1.54) is 24.3 Å². The lowest BCUT2D eigenvalue weighted by molar-refractivity contribution is -0.662. The van der Waals surface area contributed by atoms with Gasteiger partial charge >= 0.3 is 0 Å². The number of benzene rings is 2. The van der Waals surface area contributed by atoms with Gasteiger partial charge in [0.2, 0.25) is 5.52 Å². The van der Waals surface area contributed by atoms with Crippen molar-refractivity contribution in [2.75, 3.05) is 0 Å². The number of para-hydroxylation sites is 1. The van der Waals surface area contributed by atoms with Crippen molar-refractivity contribution in [2.24, 2.45) is 0 Å². The van der Waals surface area contributed by atoms with Crippen LogP contribution in [0.1, 0.15) is 5.56 Å². The lowest BCUT2D eigenvalue weighted by Gasteiger charge is -2.05. The molecule has 0 saturated heterocycles. The first-order valence-corrected chi connectivity index (χ1v) is 8.26. The van der Waals surface area contributed by atoms with E-state index in [2.05, 4.69) is 0 Å². The molecule has 3 heterocycles. The average molecular weight is 347 g/mol. The minimum atomic E-state index is -0.582. The van der Waals surface area contributed by atoms with Gasteiger partial charge in [-0.1, -0.05) is 24.3 Å². The Morgan fingerprint density at radius 2 is 1.62 bits per heavy atom. The maximum absolute atomic E-state index is 14.1. The van der Waals surface area contributed by atoms with Crippen LogP contribution in [0.3, 0.4) is 0 Å². The molecule has 3 aromatic heterocycles. The van der Waals surface area contributed by atoms with Crippen LogP contribution in [0.4, 0.5) is 8.78 Å². The summed E-state index contributed by atoms with van der Waals surface area (Å²) in [6.07, 6.45) is 1.81. The number of aromatic nitrogens is 2. The lowest BCUT2D eigenvalue weighted by Crippen LogP contribution is -2.36. The summed E-state index contributed by atoms with van der Waals surface area (Å²) in [5, 5.41) is 1.92. The highest BCUT2D eigenvalue weighted by Crippen LogP contribution is 2.28. The molecule has 0 saturated carbocycles. The third-order valence-corrected chi connectivity index (χ3v) is 4.88. The molecule has 2 aromatic carbocycles. The molecule has 0 bridgehead atoms. The molecule has 3 nitrogen and oxygen atoms in total. The predicted octanol–water partition coefficient (Wildman–Crippen LogP) is 3.66. The topological polar surface area (TPSA) is 25.4 Å². The third kappa shape index (κ3) is 1.97. The smallest absolute Gasteiger partial charge is 0.256 e. The first-order valence-electron chi connectivity index (χ1n) is 8.26. The van der Waals surface area contributed by atoms with E-state index in [-0.39, 0.29) is 17.7 Å². The lowest BCUT2D eigenvalue weighted by atomic mass is 10.1. The van der Waals surface area contributed by atoms with Crippen molar-refractivity contribution in [2.45, 2.75) is 6.54 Å². The van der Waals surface area contributed by atoms with Crippen molar-refractivity contribution in [3.63, 3.8) is 0 Å². The minimum absolute atomic E-state index is 0.000983. The van der Waals surface area contributed by atoms with Crippen LogP contribution in [0.5, 0.6) is 0 Å². The van der Waals surface area contributed by atoms with Crippen molar-refractivity contribution in [1.29, 1.82) is 0 Å². The van der Waals surface area contributed by atoms with Crippen molar-refractivity contribution < 1.29 is 13.3 Å². The van der Waals surface area contributed by atoms with Crippen LogP contribution in [0.25, 0.3) is 27.3 Å². The summed E-state index contributed by atoms with van der Waals surface area (Å²) in [6.45, 7) is 0.0455. The van der Waals surface area contributed by atoms with Crippen LogP contribution in [-0.2, 0) is 6.54 Å². The van der Waals surface area contributed by atoms with Gasteiger partial charge < -0.3 is 0 Å². The second kappa shape index (κ2) is 5.33. The van der Waals surface area contributed by atoms with Crippen molar-refractivity contribution in [3.05, 3.63) is 94.4 Å². The van der Waals surface area contributed by atoms with E-state index in [1.54, 1.807) is 21.2 Å². The van der Waals surface area contributed by atoms with Crippen molar-refractivity contribution >= 4 is 27.3 Å². The summed E-state index contributed by atoms with van der Waals surface area (Å²) in [5.41, 5.74) is 2.21. The van der Waals surface area contributed by atoms with E-state index < -0.39 is 11.6 Å². The number of nitrogens with zero attached hydrogens (tertiary/aromatic N) is 2. The van der Waals surface area contributed by atoms with E-state index in [1.807, 2.05) is 30.3 Å². The maximum Gasteiger partial charge on any atom is 0.256 e. The molecule has 26 heavy (non-hydrogen) atoms. The van der Waals surface area contributed by atoms with Gasteiger partial charge in [0, 0.05) is 29.0 Å². The van der Waals surface area contributed by atoms with Gasteiger partial charge in [0.15, 0.2) is 12.7 Å². The standard InChI is InChI=1S/C21H13F2N2O/c22-16-5-3-6-17(23)15(16)12-24-11-10-14-13-4-1-2-7-18(13)25-20(26)9-8-19(24)21(14)25/h1-11H,12H2/q+1. The van der Waals surface area contributed by atoms with Gasteiger partial charge in [0.05, 0.1) is 11.1 Å². The summed E-state index contributed by atoms with van der Waals surface area (Å²) < 4.78 is 31.6. The summed E-state index contributed by atoms with van der Waals surface area (Å²) >= 11 is 0. The molecule has 0 aliphatic rings. The summed E-state index contributed by atoms with van der Waals surface area (Å²) in [6, 6.07) is 16.6. The normalized spacial score (nSPS) is 11.8. The van der Waals surface area contributed by atoms with Crippen LogP contribution < -0.4 is 10.1 Å². The number of hydrogen-bond acceptors (Lipinski definition) is 1. The van der Waals surface area contributed by atoms with Crippen LogP contribution >= 0.6 is 0 Å². The Balaban J connectivity index is 1.86. The van der Waals surface area contributed by atoms with E-state index in [9.17, 15) is 13.6 Å². The number of pyridine rings is 2. The number of halogens is 2. The Bertz CT molecular complexity index is 1340. The molecule has 0 spiro atoms. The van der Waals surface area contributed by atoms with Crippen LogP contribution in [-0.4, -0.2) is 4.40 Å². The SMILES string of the molecule is O=c1ccc2c3c(cc[n+]2Cc2c(F)cccc2F)c2ccccc2n13. The largest absolute Gasteiger partial charge is 0.270 e. The number of fused-ring (bicyclic) bond motifs is 3. The number of rotatable bonds is 2. The first kappa shape index (κ1) is 15.0. The molecule has 0 radical (unpaired) electrons. The van der Waals surface area contributed by atoms with Gasteiger partial charge in [-0.15, -0.1) is 0 Å². The Morgan fingerprint density at radius 1 is 0.846 bits per heavy atom. The van der Waals surface area contributed by atoms with Crippen LogP contribution in [0.2, 0.25) is 0 Å². The van der Waals surface area contributed by atoms with Gasteiger partial charge in [0.25, 0.3) is 5.56 Å². The Labute approximate surface area is 146 Å². The monoisotopic (exact) mass is 347 g/mol. The van der Waals surface area contributed by atoms with E-state index in [0.717, 1.165) is 27.3 Å². The predicted molar refractivity (Wildman–Crippen MR) is 95.5 cm³/mol. The highest BCUT2D eigenvalue weighted by molar-refractivity contribution is 6.11. The molecular weight excluding hydrogens is 334 g/mol. The zero-order valence-electron chi connectivity index (χ0n) is 13.6. The summed E-state index contributed by atoms with van der Waals surface area (Å²) in [4.78, 5) is 12.5. The molecule has 0 fully saturated rings. The molecule has 126 valence electrons. The zero-order chi connectivity index (χ0) is 17.8. The van der Waals surface area contributed by atoms with Crippen LogP contribution in [0.15, 0.2) is 71.7 Å². The molecule has 5 heteroatoms. The number of hydrogen-bond donors (Lipinski definition) is 0. The Morgan fingerprint density at radius 3 is 2.42 bits per heavy atom. The maximum atomic E-state index is 14.1. The van der Waals surface area contributed by atoms with E-state index >= 15 is 0 Å². The fraction of sp³-hybridized carbons (Fsp3) is 0.0476. The molecule has 5 rings (SSSR count).